The van der Waals surface area contributed by atoms with E-state index in [1.165, 1.54) is 25.7 Å². The highest BCUT2D eigenvalue weighted by atomic mass is 35.5. The minimum atomic E-state index is -0.750. The van der Waals surface area contributed by atoms with E-state index < -0.39 is 5.54 Å². The van der Waals surface area contributed by atoms with Gasteiger partial charge in [-0.25, -0.2) is 0 Å². The number of amides is 3. The second-order valence-corrected chi connectivity index (χ2v) is 11.0. The molecule has 3 fully saturated rings. The molecule has 1 spiro atoms. The molecule has 8 heteroatoms. The van der Waals surface area contributed by atoms with Crippen LogP contribution in [0.15, 0.2) is 54.6 Å². The van der Waals surface area contributed by atoms with E-state index >= 15 is 0 Å². The zero-order valence-electron chi connectivity index (χ0n) is 21.2. The molecule has 0 radical (unpaired) electrons. The number of rotatable bonds is 7. The Kier molecular flexibility index (Phi) is 7.70. The van der Waals surface area contributed by atoms with Gasteiger partial charge in [-0.05, 0) is 55.5 Å². The predicted octanol–water partition coefficient (Wildman–Crippen LogP) is 4.92. The Labute approximate surface area is 223 Å². The molecule has 0 aromatic heterocycles. The summed E-state index contributed by atoms with van der Waals surface area (Å²) in [7, 11) is 0. The lowest BCUT2D eigenvalue weighted by atomic mass is 9.85. The van der Waals surface area contributed by atoms with Crippen LogP contribution in [0.2, 0.25) is 5.02 Å². The molecule has 2 saturated heterocycles. The number of anilines is 2. The molecule has 37 heavy (non-hydrogen) atoms. The molecule has 2 heterocycles. The van der Waals surface area contributed by atoms with Gasteiger partial charge in [0.1, 0.15) is 12.1 Å². The predicted molar refractivity (Wildman–Crippen MR) is 145 cm³/mol. The van der Waals surface area contributed by atoms with Crippen LogP contribution in [-0.2, 0) is 14.4 Å². The number of halogens is 1. The first-order chi connectivity index (χ1) is 17.9. The first-order valence-electron chi connectivity index (χ1n) is 13.4. The topological polar surface area (TPSA) is 73.0 Å². The number of piperidine rings is 1. The van der Waals surface area contributed by atoms with Gasteiger partial charge in [0.25, 0.3) is 5.91 Å². The van der Waals surface area contributed by atoms with Crippen molar-refractivity contribution in [2.45, 2.75) is 56.9 Å². The van der Waals surface area contributed by atoms with Crippen LogP contribution in [0, 0.1) is 5.92 Å². The Hall–Kier alpha value is -3.06. The molecule has 7 nitrogen and oxygen atoms in total. The van der Waals surface area contributed by atoms with Gasteiger partial charge in [-0.3, -0.25) is 14.4 Å². The number of nitrogens with one attached hydrogen (secondary N) is 1. The Balaban J connectivity index is 1.26. The lowest BCUT2D eigenvalue weighted by molar-refractivity contribution is -0.139. The van der Waals surface area contributed by atoms with E-state index in [1.54, 1.807) is 29.2 Å². The number of likely N-dealkylation sites (tertiary alicyclic amines) is 1. The summed E-state index contributed by atoms with van der Waals surface area (Å²) in [6, 6.07) is 16.9. The minimum Gasteiger partial charge on any atom is -0.342 e. The Morgan fingerprint density at radius 2 is 1.73 bits per heavy atom. The molecular weight excluding hydrogens is 488 g/mol. The van der Waals surface area contributed by atoms with Gasteiger partial charge in [-0.2, -0.15) is 0 Å². The molecule has 0 atom stereocenters. The maximum Gasteiger partial charge on any atom is 0.250 e. The smallest absolute Gasteiger partial charge is 0.250 e. The fourth-order valence-corrected chi connectivity index (χ4v) is 6.36. The first kappa shape index (κ1) is 25.6. The summed E-state index contributed by atoms with van der Waals surface area (Å²) in [6.45, 7) is 1.41. The molecule has 2 aromatic carbocycles. The Morgan fingerprint density at radius 3 is 2.43 bits per heavy atom. The highest BCUT2D eigenvalue weighted by molar-refractivity contribution is 6.30. The van der Waals surface area contributed by atoms with E-state index in [0.29, 0.717) is 55.6 Å². The maximum atomic E-state index is 13.9. The van der Waals surface area contributed by atoms with Crippen molar-refractivity contribution in [3.63, 3.8) is 0 Å². The van der Waals surface area contributed by atoms with E-state index in [1.807, 2.05) is 35.2 Å². The van der Waals surface area contributed by atoms with Crippen LogP contribution in [0.25, 0.3) is 0 Å². The number of hydrogen-bond donors (Lipinski definition) is 1. The second-order valence-electron chi connectivity index (χ2n) is 10.6. The average molecular weight is 523 g/mol. The second kappa shape index (κ2) is 11.1. The summed E-state index contributed by atoms with van der Waals surface area (Å²) < 4.78 is 0. The summed E-state index contributed by atoms with van der Waals surface area (Å²) in [4.78, 5) is 45.4. The van der Waals surface area contributed by atoms with Crippen molar-refractivity contribution in [1.82, 2.24) is 9.80 Å². The molecule has 0 bridgehead atoms. The normalized spacial score (nSPS) is 19.6. The summed E-state index contributed by atoms with van der Waals surface area (Å²) in [5.74, 6) is 0.587. The first-order valence-corrected chi connectivity index (χ1v) is 13.8. The quantitative estimate of drug-likeness (QED) is 0.560. The molecule has 2 aliphatic heterocycles. The molecule has 3 amide bonds. The lowest BCUT2D eigenvalue weighted by Crippen LogP contribution is -2.57. The maximum absolute atomic E-state index is 13.9. The molecule has 2 aromatic rings. The largest absolute Gasteiger partial charge is 0.342 e. The number of benzene rings is 2. The summed E-state index contributed by atoms with van der Waals surface area (Å²) >= 11 is 6.04. The minimum absolute atomic E-state index is 0.0412. The van der Waals surface area contributed by atoms with Crippen molar-refractivity contribution in [2.24, 2.45) is 5.92 Å². The standard InChI is InChI=1S/C29H35ClN4O3/c30-23-9-6-10-24(19-23)31-26(35)20-33-21-34(25-11-2-1-3-12-25)29(28(33)37)15-17-32(18-16-29)27(36)14-13-22-7-4-5-8-22/h1-3,6,9-12,19,22H,4-5,7-8,13-18,20-21H2,(H,31,35). The van der Waals surface area contributed by atoms with Crippen LogP contribution >= 0.6 is 11.6 Å². The van der Waals surface area contributed by atoms with Crippen LogP contribution in [0.5, 0.6) is 0 Å². The fraction of sp³-hybridized carbons (Fsp3) is 0.483. The highest BCUT2D eigenvalue weighted by Crippen LogP contribution is 2.40. The monoisotopic (exact) mass is 522 g/mol. The number of para-hydroxylation sites is 1. The average Bonchev–Trinajstić information content (AvgIpc) is 3.51. The van der Waals surface area contributed by atoms with Crippen molar-refractivity contribution in [2.75, 3.05) is 36.5 Å². The summed E-state index contributed by atoms with van der Waals surface area (Å²) in [5, 5.41) is 3.38. The van der Waals surface area contributed by atoms with Crippen molar-refractivity contribution >= 4 is 40.7 Å². The Bertz CT molecular complexity index is 1130. The van der Waals surface area contributed by atoms with Gasteiger partial charge in [-0.1, -0.05) is 61.5 Å². The van der Waals surface area contributed by atoms with Crippen molar-refractivity contribution in [3.8, 4) is 0 Å². The zero-order valence-corrected chi connectivity index (χ0v) is 22.0. The number of hydrogen-bond acceptors (Lipinski definition) is 4. The van der Waals surface area contributed by atoms with Crippen LogP contribution in [0.4, 0.5) is 11.4 Å². The van der Waals surface area contributed by atoms with Gasteiger partial charge in [0.2, 0.25) is 11.8 Å². The van der Waals surface area contributed by atoms with Gasteiger partial charge in [0.05, 0.1) is 6.67 Å². The number of carbonyl (C=O) groups excluding carboxylic acids is 3. The molecular formula is C29H35ClN4O3. The fourth-order valence-electron chi connectivity index (χ4n) is 6.17. The van der Waals surface area contributed by atoms with Gasteiger partial charge < -0.3 is 20.0 Å². The third kappa shape index (κ3) is 5.61. The van der Waals surface area contributed by atoms with Crippen LogP contribution in [-0.4, -0.2) is 59.4 Å². The Morgan fingerprint density at radius 1 is 1.00 bits per heavy atom. The van der Waals surface area contributed by atoms with Gasteiger partial charge in [-0.15, -0.1) is 0 Å². The third-order valence-electron chi connectivity index (χ3n) is 8.21. The molecule has 1 N–H and O–H groups in total. The highest BCUT2D eigenvalue weighted by Gasteiger charge is 2.54. The van der Waals surface area contributed by atoms with Crippen LogP contribution in [0.1, 0.15) is 51.4 Å². The van der Waals surface area contributed by atoms with Crippen molar-refractivity contribution in [1.29, 1.82) is 0 Å². The van der Waals surface area contributed by atoms with E-state index in [4.69, 9.17) is 11.6 Å². The molecule has 1 saturated carbocycles. The SMILES string of the molecule is O=C(CN1CN(c2ccccc2)C2(CCN(C(=O)CCC3CCCC3)CC2)C1=O)Nc1cccc(Cl)c1. The van der Waals surface area contributed by atoms with Gasteiger partial charge in [0, 0.05) is 35.9 Å². The van der Waals surface area contributed by atoms with Crippen molar-refractivity contribution < 1.29 is 14.4 Å². The van der Waals surface area contributed by atoms with Crippen molar-refractivity contribution in [3.05, 3.63) is 59.6 Å². The zero-order chi connectivity index (χ0) is 25.8. The number of nitrogens with zero attached hydrogens (tertiary/aromatic N) is 3. The molecule has 1 aliphatic carbocycles. The lowest BCUT2D eigenvalue weighted by Gasteiger charge is -2.43. The van der Waals surface area contributed by atoms with E-state index in [-0.39, 0.29) is 24.3 Å². The number of carbonyl (C=O) groups is 3. The van der Waals surface area contributed by atoms with Crippen LogP contribution in [0.3, 0.4) is 0 Å². The van der Waals surface area contributed by atoms with E-state index in [2.05, 4.69) is 10.2 Å². The summed E-state index contributed by atoms with van der Waals surface area (Å²) in [5.41, 5.74) is 0.803. The molecule has 5 rings (SSSR count). The van der Waals surface area contributed by atoms with Gasteiger partial charge >= 0.3 is 0 Å². The summed E-state index contributed by atoms with van der Waals surface area (Å²) in [6.07, 6.45) is 7.76. The molecule has 3 aliphatic rings. The van der Waals surface area contributed by atoms with E-state index in [0.717, 1.165) is 12.1 Å². The van der Waals surface area contributed by atoms with Gasteiger partial charge in [0.15, 0.2) is 0 Å². The molecule has 196 valence electrons. The third-order valence-corrected chi connectivity index (χ3v) is 8.44. The molecule has 0 unspecified atom stereocenters. The van der Waals surface area contributed by atoms with Crippen LogP contribution < -0.4 is 10.2 Å². The van der Waals surface area contributed by atoms with E-state index in [9.17, 15) is 14.4 Å².